The van der Waals surface area contributed by atoms with Crippen LogP contribution in [0.3, 0.4) is 0 Å². The van der Waals surface area contributed by atoms with Crippen LogP contribution in [0.2, 0.25) is 0 Å². The molecule has 2 aromatic rings. The zero-order valence-electron chi connectivity index (χ0n) is 16.2. The summed E-state index contributed by atoms with van der Waals surface area (Å²) in [6.45, 7) is 7.89. The Balaban J connectivity index is 2.12. The maximum absolute atomic E-state index is 5.50. The lowest BCUT2D eigenvalue weighted by atomic mass is 10.1. The summed E-state index contributed by atoms with van der Waals surface area (Å²) >= 11 is 1.72. The lowest BCUT2D eigenvalue weighted by molar-refractivity contribution is 0.394. The predicted molar refractivity (Wildman–Crippen MR) is 110 cm³/mol. The van der Waals surface area contributed by atoms with Crippen molar-refractivity contribution in [3.8, 4) is 11.5 Å². The van der Waals surface area contributed by atoms with E-state index in [4.69, 9.17) is 14.5 Å². The molecule has 2 N–H and O–H groups in total. The molecule has 1 aromatic carbocycles. The monoisotopic (exact) mass is 375 g/mol. The van der Waals surface area contributed by atoms with Crippen LogP contribution in [0.1, 0.15) is 43.9 Å². The number of benzene rings is 1. The second-order valence-corrected chi connectivity index (χ2v) is 6.93. The Morgan fingerprint density at radius 2 is 2.00 bits per heavy atom. The van der Waals surface area contributed by atoms with Crippen molar-refractivity contribution in [3.05, 3.63) is 46.2 Å². The van der Waals surface area contributed by atoms with Gasteiger partial charge in [-0.2, -0.15) is 11.3 Å². The third-order valence-electron chi connectivity index (χ3n) is 4.24. The van der Waals surface area contributed by atoms with Crippen molar-refractivity contribution < 1.29 is 9.47 Å². The Morgan fingerprint density at radius 3 is 2.62 bits per heavy atom. The lowest BCUT2D eigenvalue weighted by Gasteiger charge is -2.21. The first kappa shape index (κ1) is 20.1. The zero-order chi connectivity index (χ0) is 18.9. The molecule has 0 aliphatic heterocycles. The topological polar surface area (TPSA) is 54.9 Å². The lowest BCUT2D eigenvalue weighted by Crippen LogP contribution is -2.39. The van der Waals surface area contributed by atoms with Crippen molar-refractivity contribution in [1.29, 1.82) is 0 Å². The van der Waals surface area contributed by atoms with Gasteiger partial charge in [0.25, 0.3) is 0 Å². The molecular weight excluding hydrogens is 346 g/mol. The normalized spacial score (nSPS) is 13.8. The fourth-order valence-electron chi connectivity index (χ4n) is 2.67. The molecule has 2 rings (SSSR count). The molecular formula is C20H29N3O2S. The van der Waals surface area contributed by atoms with Crippen molar-refractivity contribution in [1.82, 2.24) is 10.6 Å². The summed E-state index contributed by atoms with van der Waals surface area (Å²) in [5, 5.41) is 11.1. The summed E-state index contributed by atoms with van der Waals surface area (Å²) in [5.41, 5.74) is 2.36. The highest BCUT2D eigenvalue weighted by Crippen LogP contribution is 2.29. The second-order valence-electron chi connectivity index (χ2n) is 6.15. The van der Waals surface area contributed by atoms with Gasteiger partial charge in [-0.1, -0.05) is 6.92 Å². The molecule has 142 valence electrons. The van der Waals surface area contributed by atoms with Crippen molar-refractivity contribution >= 4 is 17.3 Å². The largest absolute Gasteiger partial charge is 0.497 e. The van der Waals surface area contributed by atoms with Crippen LogP contribution in [0, 0.1) is 0 Å². The molecule has 0 fully saturated rings. The first-order chi connectivity index (χ1) is 12.6. The Kier molecular flexibility index (Phi) is 7.78. The number of guanidine groups is 1. The highest BCUT2D eigenvalue weighted by Gasteiger charge is 2.15. The SMILES string of the molecule is CCNC(=NCC(C)c1ccsc1)NC(C)c1cc(OC)ccc1OC. The van der Waals surface area contributed by atoms with Gasteiger partial charge in [0.05, 0.1) is 20.3 Å². The van der Waals surface area contributed by atoms with Crippen LogP contribution in [0.15, 0.2) is 40.0 Å². The first-order valence-corrected chi connectivity index (χ1v) is 9.82. The number of aliphatic imine (C=N–C) groups is 1. The van der Waals surface area contributed by atoms with E-state index in [-0.39, 0.29) is 6.04 Å². The standard InChI is InChI=1S/C20H29N3O2S/c1-6-21-20(22-12-14(2)16-9-10-26-13-16)23-15(3)18-11-17(24-4)7-8-19(18)25-5/h7-11,13-15H,6,12H2,1-5H3,(H2,21,22,23). The molecule has 0 aliphatic carbocycles. The van der Waals surface area contributed by atoms with Crippen molar-refractivity contribution in [2.75, 3.05) is 27.3 Å². The summed E-state index contributed by atoms with van der Waals surface area (Å²) in [4.78, 5) is 4.76. The Bertz CT molecular complexity index is 701. The third kappa shape index (κ3) is 5.39. The number of thiophene rings is 1. The highest BCUT2D eigenvalue weighted by atomic mass is 32.1. The predicted octanol–water partition coefficient (Wildman–Crippen LogP) is 4.19. The van der Waals surface area contributed by atoms with Gasteiger partial charge in [0.1, 0.15) is 11.5 Å². The van der Waals surface area contributed by atoms with E-state index in [0.29, 0.717) is 5.92 Å². The zero-order valence-corrected chi connectivity index (χ0v) is 17.0. The molecule has 1 heterocycles. The molecule has 26 heavy (non-hydrogen) atoms. The van der Waals surface area contributed by atoms with E-state index in [1.165, 1.54) is 5.56 Å². The molecule has 0 aliphatic rings. The minimum Gasteiger partial charge on any atom is -0.497 e. The first-order valence-electron chi connectivity index (χ1n) is 8.87. The third-order valence-corrected chi connectivity index (χ3v) is 4.94. The van der Waals surface area contributed by atoms with E-state index in [1.807, 2.05) is 18.2 Å². The number of methoxy groups -OCH3 is 2. The number of nitrogens with one attached hydrogen (secondary N) is 2. The molecule has 5 nitrogen and oxygen atoms in total. The fourth-order valence-corrected chi connectivity index (χ4v) is 3.45. The van der Waals surface area contributed by atoms with Gasteiger partial charge in [0, 0.05) is 24.6 Å². The minimum absolute atomic E-state index is 0.0225. The van der Waals surface area contributed by atoms with Crippen LogP contribution in [-0.4, -0.2) is 33.3 Å². The maximum Gasteiger partial charge on any atom is 0.191 e. The number of nitrogens with zero attached hydrogens (tertiary/aromatic N) is 1. The van der Waals surface area contributed by atoms with Crippen LogP contribution in [0.4, 0.5) is 0 Å². The van der Waals surface area contributed by atoms with E-state index in [9.17, 15) is 0 Å². The van der Waals surface area contributed by atoms with Gasteiger partial charge in [-0.3, -0.25) is 4.99 Å². The molecule has 0 spiro atoms. The van der Waals surface area contributed by atoms with Crippen molar-refractivity contribution in [3.63, 3.8) is 0 Å². The van der Waals surface area contributed by atoms with Crippen LogP contribution >= 0.6 is 11.3 Å². The molecule has 0 radical (unpaired) electrons. The van der Waals surface area contributed by atoms with Gasteiger partial charge in [-0.15, -0.1) is 0 Å². The summed E-state index contributed by atoms with van der Waals surface area (Å²) < 4.78 is 10.8. The van der Waals surface area contributed by atoms with Crippen molar-refractivity contribution in [2.45, 2.75) is 32.7 Å². The molecule has 0 amide bonds. The summed E-state index contributed by atoms with van der Waals surface area (Å²) in [7, 11) is 3.35. The summed E-state index contributed by atoms with van der Waals surface area (Å²) in [5.74, 6) is 2.82. The highest BCUT2D eigenvalue weighted by molar-refractivity contribution is 7.07. The van der Waals surface area contributed by atoms with Crippen LogP contribution in [0.25, 0.3) is 0 Å². The Morgan fingerprint density at radius 1 is 1.19 bits per heavy atom. The van der Waals surface area contributed by atoms with Gasteiger partial charge in [-0.25, -0.2) is 0 Å². The smallest absolute Gasteiger partial charge is 0.191 e. The van der Waals surface area contributed by atoms with Gasteiger partial charge < -0.3 is 20.1 Å². The molecule has 0 saturated carbocycles. The molecule has 0 bridgehead atoms. The van der Waals surface area contributed by atoms with Gasteiger partial charge in [0.2, 0.25) is 0 Å². The van der Waals surface area contributed by atoms with Crippen LogP contribution in [0.5, 0.6) is 11.5 Å². The molecule has 2 atom stereocenters. The number of hydrogen-bond acceptors (Lipinski definition) is 4. The average molecular weight is 376 g/mol. The van der Waals surface area contributed by atoms with Gasteiger partial charge in [-0.05, 0) is 54.4 Å². The van der Waals surface area contributed by atoms with Crippen LogP contribution < -0.4 is 20.1 Å². The van der Waals surface area contributed by atoms with Gasteiger partial charge >= 0.3 is 0 Å². The van der Waals surface area contributed by atoms with E-state index in [0.717, 1.165) is 36.1 Å². The molecule has 6 heteroatoms. The minimum atomic E-state index is 0.0225. The van der Waals surface area contributed by atoms with Gasteiger partial charge in [0.15, 0.2) is 5.96 Å². The fraction of sp³-hybridized carbons (Fsp3) is 0.450. The second kappa shape index (κ2) is 10.1. The quantitative estimate of drug-likeness (QED) is 0.537. The number of ether oxygens (including phenoxy) is 2. The number of hydrogen-bond donors (Lipinski definition) is 2. The van der Waals surface area contributed by atoms with Crippen LogP contribution in [-0.2, 0) is 0 Å². The van der Waals surface area contributed by atoms with E-state index < -0.39 is 0 Å². The van der Waals surface area contributed by atoms with E-state index >= 15 is 0 Å². The Hall–Kier alpha value is -2.21. The molecule has 0 saturated heterocycles. The summed E-state index contributed by atoms with van der Waals surface area (Å²) in [6, 6.07) is 8.00. The Labute approximate surface area is 160 Å². The van der Waals surface area contributed by atoms with E-state index in [2.05, 4.69) is 48.2 Å². The number of rotatable bonds is 8. The maximum atomic E-state index is 5.50. The summed E-state index contributed by atoms with van der Waals surface area (Å²) in [6.07, 6.45) is 0. The molecule has 1 aromatic heterocycles. The van der Waals surface area contributed by atoms with Crippen molar-refractivity contribution in [2.24, 2.45) is 4.99 Å². The average Bonchev–Trinajstić information content (AvgIpc) is 3.20. The van der Waals surface area contributed by atoms with E-state index in [1.54, 1.807) is 25.6 Å². The molecule has 2 unspecified atom stereocenters.